The van der Waals surface area contributed by atoms with Crippen molar-refractivity contribution in [3.63, 3.8) is 0 Å². The molecule has 1 atom stereocenters. The number of thiophene rings is 1. The number of carboxylic acid groups (broad SMARTS) is 1. The van der Waals surface area contributed by atoms with Gasteiger partial charge in [0.05, 0.1) is 12.3 Å². The average Bonchev–Trinajstić information content (AvgIpc) is 3.09. The first-order valence-electron chi connectivity index (χ1n) is 9.61. The molecule has 0 fully saturated rings. The second kappa shape index (κ2) is 7.84. The predicted octanol–water partition coefficient (Wildman–Crippen LogP) is 5.00. The number of amides is 1. The Morgan fingerprint density at radius 2 is 1.97 bits per heavy atom. The number of nitrogens with one attached hydrogen (secondary N) is 1. The van der Waals surface area contributed by atoms with Crippen LogP contribution in [0, 0.1) is 6.92 Å². The number of aromatic hydroxyl groups is 1. The lowest BCUT2D eigenvalue weighted by molar-refractivity contribution is -0.116. The van der Waals surface area contributed by atoms with Crippen LogP contribution in [0.3, 0.4) is 0 Å². The van der Waals surface area contributed by atoms with E-state index in [1.165, 1.54) is 11.3 Å². The van der Waals surface area contributed by atoms with Crippen molar-refractivity contribution < 1.29 is 24.5 Å². The Kier molecular flexibility index (Phi) is 5.22. The summed E-state index contributed by atoms with van der Waals surface area (Å²) in [5.41, 5.74) is 3.69. The highest BCUT2D eigenvalue weighted by Gasteiger charge is 2.34. The number of anilines is 1. The lowest BCUT2D eigenvalue weighted by atomic mass is 9.88. The van der Waals surface area contributed by atoms with Gasteiger partial charge in [-0.05, 0) is 37.1 Å². The molecule has 1 unspecified atom stereocenters. The van der Waals surface area contributed by atoms with Gasteiger partial charge in [0.15, 0.2) is 11.5 Å². The molecule has 3 N–H and O–H groups in total. The van der Waals surface area contributed by atoms with Crippen LogP contribution < -0.4 is 10.1 Å². The zero-order valence-corrected chi connectivity index (χ0v) is 17.4. The first kappa shape index (κ1) is 20.0. The number of aromatic carboxylic acids is 1. The Hall–Kier alpha value is -3.32. The molecule has 1 aliphatic heterocycles. The number of aryl methyl sites for hydroxylation is 1. The van der Waals surface area contributed by atoms with E-state index in [9.17, 15) is 19.8 Å². The molecule has 1 amide bonds. The van der Waals surface area contributed by atoms with Crippen molar-refractivity contribution in [3.8, 4) is 22.6 Å². The molecule has 0 aliphatic carbocycles. The fraction of sp³-hybridized carbons (Fsp3) is 0.217. The van der Waals surface area contributed by atoms with Gasteiger partial charge in [0.25, 0.3) is 0 Å². The largest absolute Gasteiger partial charge is 0.504 e. The van der Waals surface area contributed by atoms with E-state index in [1.807, 2.05) is 38.1 Å². The normalized spacial score (nSPS) is 15.4. The highest BCUT2D eigenvalue weighted by atomic mass is 32.1. The lowest BCUT2D eigenvalue weighted by Gasteiger charge is -2.24. The van der Waals surface area contributed by atoms with Gasteiger partial charge in [0.1, 0.15) is 4.88 Å². The van der Waals surface area contributed by atoms with Gasteiger partial charge in [-0.15, -0.1) is 11.3 Å². The highest BCUT2D eigenvalue weighted by molar-refractivity contribution is 7.15. The van der Waals surface area contributed by atoms with E-state index in [1.54, 1.807) is 18.2 Å². The Morgan fingerprint density at radius 3 is 2.63 bits per heavy atom. The maximum Gasteiger partial charge on any atom is 0.346 e. The first-order valence-corrected chi connectivity index (χ1v) is 10.4. The SMILES string of the molecule is CCOc1cc(C2CC(=O)Nc3c2sc(C(=O)O)c3-c2ccc(C)cc2)ccc1O. The third kappa shape index (κ3) is 3.52. The molecule has 1 aliphatic rings. The monoisotopic (exact) mass is 423 g/mol. The maximum absolute atomic E-state index is 12.6. The van der Waals surface area contributed by atoms with Crippen LogP contribution in [-0.2, 0) is 4.79 Å². The van der Waals surface area contributed by atoms with Gasteiger partial charge >= 0.3 is 5.97 Å². The summed E-state index contributed by atoms with van der Waals surface area (Å²) in [5.74, 6) is -1.16. The molecular weight excluding hydrogens is 402 g/mol. The standard InChI is InChI=1S/C23H21NO5S/c1-3-29-17-10-14(8-9-16(17)25)15-11-18(26)24-20-19(13-6-4-12(2)5-7-13)22(23(27)28)30-21(15)20/h4-10,15,25H,3,11H2,1-2H3,(H,24,26)(H,27,28). The van der Waals surface area contributed by atoms with Crippen LogP contribution in [0.15, 0.2) is 42.5 Å². The van der Waals surface area contributed by atoms with Crippen molar-refractivity contribution in [2.75, 3.05) is 11.9 Å². The Labute approximate surface area is 177 Å². The fourth-order valence-electron chi connectivity index (χ4n) is 3.72. The van der Waals surface area contributed by atoms with Gasteiger partial charge in [-0.2, -0.15) is 0 Å². The number of phenolic OH excluding ortho intramolecular Hbond substituents is 1. The Bertz CT molecular complexity index is 1130. The number of hydrogen-bond donors (Lipinski definition) is 3. The van der Waals surface area contributed by atoms with Crippen molar-refractivity contribution >= 4 is 28.9 Å². The quantitative estimate of drug-likeness (QED) is 0.537. The molecule has 0 saturated heterocycles. The van der Waals surface area contributed by atoms with Crippen LogP contribution in [0.2, 0.25) is 0 Å². The van der Waals surface area contributed by atoms with Gasteiger partial charge in [0.2, 0.25) is 5.91 Å². The van der Waals surface area contributed by atoms with Crippen molar-refractivity contribution in [2.45, 2.75) is 26.2 Å². The number of benzene rings is 2. The number of carbonyl (C=O) groups excluding carboxylic acids is 1. The number of hydrogen-bond acceptors (Lipinski definition) is 5. The van der Waals surface area contributed by atoms with Gasteiger partial charge in [-0.1, -0.05) is 35.9 Å². The minimum absolute atomic E-state index is 0.0267. The van der Waals surface area contributed by atoms with Gasteiger partial charge in [-0.25, -0.2) is 4.79 Å². The molecule has 0 saturated carbocycles. The van der Waals surface area contributed by atoms with Crippen molar-refractivity contribution in [1.82, 2.24) is 0 Å². The maximum atomic E-state index is 12.6. The summed E-state index contributed by atoms with van der Waals surface area (Å²) in [6.45, 7) is 4.18. The van der Waals surface area contributed by atoms with Crippen molar-refractivity contribution in [3.05, 3.63) is 63.3 Å². The molecular formula is C23H21NO5S. The molecule has 4 rings (SSSR count). The number of phenols is 1. The van der Waals surface area contributed by atoms with Crippen LogP contribution in [0.1, 0.15) is 44.9 Å². The second-order valence-electron chi connectivity index (χ2n) is 7.18. The highest BCUT2D eigenvalue weighted by Crippen LogP contribution is 2.50. The summed E-state index contributed by atoms with van der Waals surface area (Å²) < 4.78 is 5.49. The summed E-state index contributed by atoms with van der Waals surface area (Å²) >= 11 is 1.18. The molecule has 7 heteroatoms. The van der Waals surface area contributed by atoms with E-state index in [-0.39, 0.29) is 28.9 Å². The van der Waals surface area contributed by atoms with E-state index in [4.69, 9.17) is 4.74 Å². The van der Waals surface area contributed by atoms with Crippen LogP contribution >= 0.6 is 11.3 Å². The minimum Gasteiger partial charge on any atom is -0.504 e. The van der Waals surface area contributed by atoms with E-state index in [0.717, 1.165) is 21.6 Å². The average molecular weight is 423 g/mol. The Balaban J connectivity index is 1.89. The zero-order valence-electron chi connectivity index (χ0n) is 16.6. The molecule has 154 valence electrons. The molecule has 0 bridgehead atoms. The van der Waals surface area contributed by atoms with E-state index in [2.05, 4.69) is 5.32 Å². The van der Waals surface area contributed by atoms with Crippen LogP contribution in [0.5, 0.6) is 11.5 Å². The van der Waals surface area contributed by atoms with Crippen LogP contribution in [-0.4, -0.2) is 28.7 Å². The predicted molar refractivity (Wildman–Crippen MR) is 116 cm³/mol. The molecule has 6 nitrogen and oxygen atoms in total. The third-order valence-corrected chi connectivity index (χ3v) is 6.42. The minimum atomic E-state index is -1.03. The number of ether oxygens (including phenoxy) is 1. The topological polar surface area (TPSA) is 95.9 Å². The molecule has 1 aromatic heterocycles. The van der Waals surface area contributed by atoms with Crippen molar-refractivity contribution in [2.24, 2.45) is 0 Å². The summed E-state index contributed by atoms with van der Waals surface area (Å²) in [6.07, 6.45) is 0.191. The molecule has 3 aromatic rings. The lowest BCUT2D eigenvalue weighted by Crippen LogP contribution is -2.22. The van der Waals surface area contributed by atoms with Crippen LogP contribution in [0.4, 0.5) is 5.69 Å². The van der Waals surface area contributed by atoms with Crippen molar-refractivity contribution in [1.29, 1.82) is 0 Å². The number of rotatable bonds is 5. The smallest absolute Gasteiger partial charge is 0.346 e. The molecule has 2 heterocycles. The molecule has 0 spiro atoms. The number of fused-ring (bicyclic) bond motifs is 1. The fourth-order valence-corrected chi connectivity index (χ4v) is 4.97. The summed E-state index contributed by atoms with van der Waals surface area (Å²) in [7, 11) is 0. The summed E-state index contributed by atoms with van der Waals surface area (Å²) in [6, 6.07) is 12.6. The summed E-state index contributed by atoms with van der Waals surface area (Å²) in [4.78, 5) is 25.6. The molecule has 0 radical (unpaired) electrons. The van der Waals surface area contributed by atoms with Gasteiger partial charge in [0, 0.05) is 22.8 Å². The second-order valence-corrected chi connectivity index (χ2v) is 8.23. The molecule has 2 aromatic carbocycles. The first-order chi connectivity index (χ1) is 14.4. The number of carbonyl (C=O) groups is 2. The van der Waals surface area contributed by atoms with E-state index in [0.29, 0.717) is 23.6 Å². The molecule has 30 heavy (non-hydrogen) atoms. The van der Waals surface area contributed by atoms with Gasteiger partial charge in [-0.3, -0.25) is 4.79 Å². The summed E-state index contributed by atoms with van der Waals surface area (Å²) in [5, 5.41) is 22.8. The van der Waals surface area contributed by atoms with E-state index >= 15 is 0 Å². The number of carboxylic acids is 1. The van der Waals surface area contributed by atoms with Gasteiger partial charge < -0.3 is 20.3 Å². The van der Waals surface area contributed by atoms with Crippen LogP contribution in [0.25, 0.3) is 11.1 Å². The Morgan fingerprint density at radius 1 is 1.23 bits per heavy atom. The third-order valence-electron chi connectivity index (χ3n) is 5.13. The van der Waals surface area contributed by atoms with E-state index < -0.39 is 5.97 Å². The zero-order chi connectivity index (χ0) is 21.4.